The Labute approximate surface area is 92.7 Å². The zero-order chi connectivity index (χ0) is 11.6. The monoisotopic (exact) mass is 229 g/mol. The first kappa shape index (κ1) is 11.5. The number of hydrogen-bond donors (Lipinski definition) is 1. The van der Waals surface area contributed by atoms with Gasteiger partial charge in [0, 0.05) is 12.6 Å². The molecule has 1 N–H and O–H groups in total. The number of nitrogens with one attached hydrogen (secondary N) is 1. The van der Waals surface area contributed by atoms with E-state index in [4.69, 9.17) is 0 Å². The summed E-state index contributed by atoms with van der Waals surface area (Å²) in [4.78, 5) is 0. The molecule has 2 rings (SSSR count). The number of alkyl halides is 3. The van der Waals surface area contributed by atoms with Crippen molar-refractivity contribution in [1.29, 1.82) is 0 Å². The molecule has 1 atom stereocenters. The average Bonchev–Trinajstić information content (AvgIpc) is 2.60. The van der Waals surface area contributed by atoms with Gasteiger partial charge in [-0.1, -0.05) is 24.3 Å². The maximum atomic E-state index is 12.0. The van der Waals surface area contributed by atoms with E-state index in [0.29, 0.717) is 0 Å². The fraction of sp³-hybridized carbons (Fsp3) is 0.500. The highest BCUT2D eigenvalue weighted by Crippen LogP contribution is 2.30. The van der Waals surface area contributed by atoms with Crippen molar-refractivity contribution >= 4 is 0 Å². The molecule has 0 aliphatic heterocycles. The van der Waals surface area contributed by atoms with Gasteiger partial charge < -0.3 is 5.32 Å². The van der Waals surface area contributed by atoms with Crippen LogP contribution in [0.15, 0.2) is 24.3 Å². The fourth-order valence-electron chi connectivity index (χ4n) is 2.16. The summed E-state index contributed by atoms with van der Waals surface area (Å²) in [6.07, 6.45) is -2.96. The Bertz CT molecular complexity index is 360. The second-order valence-corrected chi connectivity index (χ2v) is 4.11. The Morgan fingerprint density at radius 2 is 2.00 bits per heavy atom. The maximum Gasteiger partial charge on any atom is 0.390 e. The zero-order valence-electron chi connectivity index (χ0n) is 8.85. The standard InChI is InChI=1S/C12H14F3N/c13-12(14,15)7-8-16-11-6-5-9-3-1-2-4-10(9)11/h1-4,11,16H,5-8H2. The smallest absolute Gasteiger partial charge is 0.310 e. The Hall–Kier alpha value is -1.03. The highest BCUT2D eigenvalue weighted by Gasteiger charge is 2.28. The van der Waals surface area contributed by atoms with Gasteiger partial charge in [0.2, 0.25) is 0 Å². The van der Waals surface area contributed by atoms with Crippen molar-refractivity contribution in [1.82, 2.24) is 5.32 Å². The molecule has 0 radical (unpaired) electrons. The van der Waals surface area contributed by atoms with E-state index in [9.17, 15) is 13.2 Å². The molecule has 1 nitrogen and oxygen atoms in total. The molecule has 16 heavy (non-hydrogen) atoms. The average molecular weight is 229 g/mol. The highest BCUT2D eigenvalue weighted by molar-refractivity contribution is 5.34. The molecule has 0 bridgehead atoms. The van der Waals surface area contributed by atoms with Crippen LogP contribution in [0.1, 0.15) is 30.0 Å². The minimum atomic E-state index is -4.06. The number of rotatable bonds is 3. The number of aryl methyl sites for hydroxylation is 1. The van der Waals surface area contributed by atoms with Crippen molar-refractivity contribution in [3.8, 4) is 0 Å². The van der Waals surface area contributed by atoms with Crippen LogP contribution < -0.4 is 5.32 Å². The van der Waals surface area contributed by atoms with Gasteiger partial charge in [-0.25, -0.2) is 0 Å². The Balaban J connectivity index is 1.89. The quantitative estimate of drug-likeness (QED) is 0.839. The minimum absolute atomic E-state index is 0.00248. The maximum absolute atomic E-state index is 12.0. The topological polar surface area (TPSA) is 12.0 Å². The lowest BCUT2D eigenvalue weighted by Gasteiger charge is -2.14. The number of halogens is 3. The number of benzene rings is 1. The number of hydrogen-bond acceptors (Lipinski definition) is 1. The van der Waals surface area contributed by atoms with E-state index in [2.05, 4.69) is 5.32 Å². The van der Waals surface area contributed by atoms with Crippen molar-refractivity contribution in [2.45, 2.75) is 31.5 Å². The Morgan fingerprint density at radius 1 is 1.25 bits per heavy atom. The van der Waals surface area contributed by atoms with Gasteiger partial charge in [0.1, 0.15) is 0 Å². The first-order valence-electron chi connectivity index (χ1n) is 5.44. The fourth-order valence-corrected chi connectivity index (χ4v) is 2.16. The summed E-state index contributed by atoms with van der Waals surface area (Å²) in [6.45, 7) is 0.00248. The van der Waals surface area contributed by atoms with Crippen LogP contribution in [0.2, 0.25) is 0 Å². The molecule has 0 fully saturated rings. The van der Waals surface area contributed by atoms with Gasteiger partial charge in [0.05, 0.1) is 6.42 Å². The van der Waals surface area contributed by atoms with Crippen LogP contribution in [0.3, 0.4) is 0 Å². The molecular formula is C12H14F3N. The second kappa shape index (κ2) is 4.45. The Morgan fingerprint density at radius 3 is 2.75 bits per heavy atom. The normalized spacial score (nSPS) is 19.8. The lowest BCUT2D eigenvalue weighted by atomic mass is 10.1. The second-order valence-electron chi connectivity index (χ2n) is 4.11. The molecule has 1 aromatic rings. The van der Waals surface area contributed by atoms with Gasteiger partial charge >= 0.3 is 6.18 Å². The van der Waals surface area contributed by atoms with E-state index in [1.54, 1.807) is 0 Å². The van der Waals surface area contributed by atoms with Gasteiger partial charge in [-0.15, -0.1) is 0 Å². The number of fused-ring (bicyclic) bond motifs is 1. The summed E-state index contributed by atoms with van der Waals surface area (Å²) in [5, 5.41) is 2.97. The van der Waals surface area contributed by atoms with Crippen LogP contribution >= 0.6 is 0 Å². The molecule has 1 unspecified atom stereocenters. The van der Waals surface area contributed by atoms with E-state index in [0.717, 1.165) is 18.4 Å². The molecule has 0 saturated heterocycles. The van der Waals surface area contributed by atoms with Crippen molar-refractivity contribution < 1.29 is 13.2 Å². The Kier molecular flexibility index (Phi) is 3.19. The molecular weight excluding hydrogens is 215 g/mol. The predicted molar refractivity (Wildman–Crippen MR) is 56.2 cm³/mol. The third-order valence-electron chi connectivity index (χ3n) is 2.93. The third kappa shape index (κ3) is 2.76. The van der Waals surface area contributed by atoms with Gasteiger partial charge in [-0.2, -0.15) is 13.2 Å². The summed E-state index contributed by atoms with van der Waals surface area (Å²) in [5.74, 6) is 0. The van der Waals surface area contributed by atoms with E-state index in [1.165, 1.54) is 5.56 Å². The first-order valence-corrected chi connectivity index (χ1v) is 5.44. The van der Waals surface area contributed by atoms with Crippen LogP contribution in [0.4, 0.5) is 13.2 Å². The van der Waals surface area contributed by atoms with Gasteiger partial charge in [0.25, 0.3) is 0 Å². The van der Waals surface area contributed by atoms with Gasteiger partial charge in [0.15, 0.2) is 0 Å². The summed E-state index contributed by atoms with van der Waals surface area (Å²) in [5.41, 5.74) is 2.41. The molecule has 1 aliphatic carbocycles. The molecule has 1 aromatic carbocycles. The lowest BCUT2D eigenvalue weighted by molar-refractivity contribution is -0.133. The minimum Gasteiger partial charge on any atom is -0.310 e. The van der Waals surface area contributed by atoms with E-state index >= 15 is 0 Å². The molecule has 1 aliphatic rings. The van der Waals surface area contributed by atoms with Gasteiger partial charge in [-0.05, 0) is 24.0 Å². The zero-order valence-corrected chi connectivity index (χ0v) is 8.85. The van der Waals surface area contributed by atoms with Crippen LogP contribution in [-0.4, -0.2) is 12.7 Å². The molecule has 88 valence electrons. The van der Waals surface area contributed by atoms with Crippen molar-refractivity contribution in [2.24, 2.45) is 0 Å². The molecule has 0 spiro atoms. The molecule has 0 aromatic heterocycles. The van der Waals surface area contributed by atoms with Crippen LogP contribution in [0, 0.1) is 0 Å². The van der Waals surface area contributed by atoms with E-state index in [1.807, 2.05) is 24.3 Å². The molecule has 0 amide bonds. The predicted octanol–water partition coefficient (Wildman–Crippen LogP) is 3.22. The van der Waals surface area contributed by atoms with Crippen molar-refractivity contribution in [3.05, 3.63) is 35.4 Å². The largest absolute Gasteiger partial charge is 0.390 e. The van der Waals surface area contributed by atoms with Crippen molar-refractivity contribution in [2.75, 3.05) is 6.54 Å². The van der Waals surface area contributed by atoms with Crippen LogP contribution in [-0.2, 0) is 6.42 Å². The third-order valence-corrected chi connectivity index (χ3v) is 2.93. The SMILES string of the molecule is FC(F)(F)CCNC1CCc2ccccc21. The molecule has 4 heteroatoms. The van der Waals surface area contributed by atoms with Crippen LogP contribution in [0.5, 0.6) is 0 Å². The molecule has 0 saturated carbocycles. The van der Waals surface area contributed by atoms with Crippen molar-refractivity contribution in [3.63, 3.8) is 0 Å². The van der Waals surface area contributed by atoms with E-state index in [-0.39, 0.29) is 12.6 Å². The summed E-state index contributed by atoms with van der Waals surface area (Å²) in [6, 6.07) is 8.03. The summed E-state index contributed by atoms with van der Waals surface area (Å²) in [7, 11) is 0. The summed E-state index contributed by atoms with van der Waals surface area (Å²) >= 11 is 0. The van der Waals surface area contributed by atoms with E-state index < -0.39 is 12.6 Å². The van der Waals surface area contributed by atoms with Gasteiger partial charge in [-0.3, -0.25) is 0 Å². The summed E-state index contributed by atoms with van der Waals surface area (Å²) < 4.78 is 36.0. The van der Waals surface area contributed by atoms with Crippen LogP contribution in [0.25, 0.3) is 0 Å². The first-order chi connectivity index (χ1) is 7.56. The lowest BCUT2D eigenvalue weighted by Crippen LogP contribution is -2.24. The highest BCUT2D eigenvalue weighted by atomic mass is 19.4. The molecule has 0 heterocycles.